The monoisotopic (exact) mass is 274 g/mol. The second kappa shape index (κ2) is 7.29. The first-order chi connectivity index (χ1) is 8.17. The number of aryl methyl sites for hydroxylation is 1. The van der Waals surface area contributed by atoms with Crippen LogP contribution < -0.4 is 10.6 Å². The molecule has 0 radical (unpaired) electrons. The van der Waals surface area contributed by atoms with Crippen LogP contribution in [0.1, 0.15) is 23.8 Å². The fourth-order valence-electron chi connectivity index (χ4n) is 1.32. The van der Waals surface area contributed by atoms with E-state index in [4.69, 9.17) is 11.6 Å². The molecule has 1 aromatic heterocycles. The van der Waals surface area contributed by atoms with Crippen molar-refractivity contribution in [1.29, 1.82) is 0 Å². The van der Waals surface area contributed by atoms with Gasteiger partial charge in [-0.05, 0) is 23.4 Å². The molecule has 6 heteroatoms. The number of alkyl halides is 1. The Balaban J connectivity index is 2.35. The quantitative estimate of drug-likeness (QED) is 0.809. The lowest BCUT2D eigenvalue weighted by molar-refractivity contribution is -0.119. The largest absolute Gasteiger partial charge is 0.333 e. The maximum atomic E-state index is 11.3. The number of carbonyl (C=O) groups excluding carboxylic acids is 2. The lowest BCUT2D eigenvalue weighted by atomic mass is 10.2. The topological polar surface area (TPSA) is 58.2 Å². The van der Waals surface area contributed by atoms with Crippen LogP contribution in [0.3, 0.4) is 0 Å². The van der Waals surface area contributed by atoms with Crippen molar-refractivity contribution in [3.63, 3.8) is 0 Å². The van der Waals surface area contributed by atoms with E-state index in [9.17, 15) is 9.59 Å². The Morgan fingerprint density at radius 3 is 2.88 bits per heavy atom. The number of imide groups is 1. The fourth-order valence-corrected chi connectivity index (χ4v) is 2.40. The molecule has 0 saturated carbocycles. The minimum Gasteiger partial charge on any atom is -0.333 e. The van der Waals surface area contributed by atoms with E-state index >= 15 is 0 Å². The molecule has 0 unspecified atom stereocenters. The summed E-state index contributed by atoms with van der Waals surface area (Å²) in [5.41, 5.74) is 1.22. The van der Waals surface area contributed by atoms with Crippen LogP contribution in [0, 0.1) is 0 Å². The lowest BCUT2D eigenvalue weighted by Gasteiger charge is -2.06. The summed E-state index contributed by atoms with van der Waals surface area (Å²) in [6.45, 7) is 2.51. The average Bonchev–Trinajstić information content (AvgIpc) is 2.73. The normalized spacial score (nSPS) is 10.0. The third kappa shape index (κ3) is 4.75. The zero-order valence-electron chi connectivity index (χ0n) is 9.59. The highest BCUT2D eigenvalue weighted by molar-refractivity contribution is 7.10. The summed E-state index contributed by atoms with van der Waals surface area (Å²) in [5.74, 6) is -0.149. The van der Waals surface area contributed by atoms with E-state index in [1.807, 2.05) is 11.4 Å². The Hall–Kier alpha value is -1.07. The van der Waals surface area contributed by atoms with Gasteiger partial charge in [-0.15, -0.1) is 22.9 Å². The standard InChI is InChI=1S/C11H15ClN2O2S/c1-2-8-4-6-17-9(8)7-13-11(16)14-10(15)3-5-12/h4,6H,2-3,5,7H2,1H3,(H2,13,14,15,16). The van der Waals surface area contributed by atoms with Crippen molar-refractivity contribution in [2.45, 2.75) is 26.3 Å². The van der Waals surface area contributed by atoms with Crippen LogP contribution in [-0.4, -0.2) is 17.8 Å². The van der Waals surface area contributed by atoms with Crippen molar-refractivity contribution >= 4 is 34.9 Å². The van der Waals surface area contributed by atoms with E-state index < -0.39 is 6.03 Å². The van der Waals surface area contributed by atoms with Gasteiger partial charge in [0.05, 0.1) is 6.54 Å². The van der Waals surface area contributed by atoms with E-state index in [0.29, 0.717) is 6.54 Å². The fraction of sp³-hybridized carbons (Fsp3) is 0.455. The Morgan fingerprint density at radius 2 is 2.24 bits per heavy atom. The number of thiophene rings is 1. The minimum atomic E-state index is -0.476. The van der Waals surface area contributed by atoms with Crippen molar-refractivity contribution in [2.75, 3.05) is 5.88 Å². The molecule has 0 aromatic carbocycles. The average molecular weight is 275 g/mol. The maximum Gasteiger partial charge on any atom is 0.321 e. The molecule has 4 nitrogen and oxygen atoms in total. The van der Waals surface area contributed by atoms with Crippen molar-refractivity contribution < 1.29 is 9.59 Å². The van der Waals surface area contributed by atoms with E-state index in [2.05, 4.69) is 17.6 Å². The van der Waals surface area contributed by atoms with Crippen LogP contribution in [0.4, 0.5) is 4.79 Å². The molecule has 17 heavy (non-hydrogen) atoms. The summed E-state index contributed by atoms with van der Waals surface area (Å²) in [5, 5.41) is 6.85. The van der Waals surface area contributed by atoms with Crippen molar-refractivity contribution in [3.05, 3.63) is 21.9 Å². The second-order valence-corrected chi connectivity index (χ2v) is 4.77. The molecule has 0 fully saturated rings. The summed E-state index contributed by atoms with van der Waals surface area (Å²) in [6, 6.07) is 1.56. The molecular weight excluding hydrogens is 260 g/mol. The van der Waals surface area contributed by atoms with Gasteiger partial charge in [0.15, 0.2) is 0 Å². The summed E-state index contributed by atoms with van der Waals surface area (Å²) < 4.78 is 0. The first-order valence-corrected chi connectivity index (χ1v) is 6.77. The highest BCUT2D eigenvalue weighted by atomic mass is 35.5. The summed E-state index contributed by atoms with van der Waals surface area (Å²) >= 11 is 6.98. The van der Waals surface area contributed by atoms with Gasteiger partial charge >= 0.3 is 6.03 Å². The summed E-state index contributed by atoms with van der Waals surface area (Å²) in [6.07, 6.45) is 1.08. The van der Waals surface area contributed by atoms with Crippen LogP contribution in [0.5, 0.6) is 0 Å². The molecule has 0 saturated heterocycles. The molecule has 94 valence electrons. The smallest absolute Gasteiger partial charge is 0.321 e. The van der Waals surface area contributed by atoms with Gasteiger partial charge in [0.1, 0.15) is 0 Å². The molecular formula is C11H15ClN2O2S. The molecule has 3 amide bonds. The van der Waals surface area contributed by atoms with Crippen LogP contribution >= 0.6 is 22.9 Å². The third-order valence-corrected chi connectivity index (χ3v) is 3.35. The molecule has 0 spiro atoms. The van der Waals surface area contributed by atoms with Gasteiger partial charge in [0.25, 0.3) is 0 Å². The molecule has 0 aliphatic rings. The second-order valence-electron chi connectivity index (χ2n) is 3.39. The number of carbonyl (C=O) groups is 2. The molecule has 0 atom stereocenters. The first-order valence-electron chi connectivity index (χ1n) is 5.36. The number of rotatable bonds is 5. The van der Waals surface area contributed by atoms with Crippen molar-refractivity contribution in [3.8, 4) is 0 Å². The predicted octanol–water partition coefficient (Wildman–Crippen LogP) is 2.27. The Morgan fingerprint density at radius 1 is 1.47 bits per heavy atom. The Bertz CT molecular complexity index is 393. The summed E-state index contributed by atoms with van der Waals surface area (Å²) in [7, 11) is 0. The molecule has 0 aliphatic heterocycles. The number of halogens is 1. The van der Waals surface area contributed by atoms with Gasteiger partial charge in [-0.25, -0.2) is 4.79 Å². The van der Waals surface area contributed by atoms with Crippen LogP contribution in [0.15, 0.2) is 11.4 Å². The van der Waals surface area contributed by atoms with Gasteiger partial charge in [0.2, 0.25) is 5.91 Å². The number of amides is 3. The van der Waals surface area contributed by atoms with Gasteiger partial charge in [-0.2, -0.15) is 0 Å². The minimum absolute atomic E-state index is 0.147. The SMILES string of the molecule is CCc1ccsc1CNC(=O)NC(=O)CCCl. The van der Waals surface area contributed by atoms with Gasteiger partial charge in [-0.3, -0.25) is 10.1 Å². The van der Waals surface area contributed by atoms with Gasteiger partial charge in [0, 0.05) is 17.2 Å². The first kappa shape index (κ1) is 14.0. The maximum absolute atomic E-state index is 11.3. The van der Waals surface area contributed by atoms with E-state index in [0.717, 1.165) is 11.3 Å². The Kier molecular flexibility index (Phi) is 6.00. The number of nitrogens with one attached hydrogen (secondary N) is 2. The summed E-state index contributed by atoms with van der Waals surface area (Å²) in [4.78, 5) is 23.5. The van der Waals surface area contributed by atoms with Crippen LogP contribution in [0.2, 0.25) is 0 Å². The van der Waals surface area contributed by atoms with Gasteiger partial charge in [-0.1, -0.05) is 6.92 Å². The molecule has 2 N–H and O–H groups in total. The van der Waals surface area contributed by atoms with E-state index in [1.165, 1.54) is 5.56 Å². The number of urea groups is 1. The molecule has 0 bridgehead atoms. The molecule has 1 aromatic rings. The van der Waals surface area contributed by atoms with Crippen LogP contribution in [-0.2, 0) is 17.8 Å². The molecule has 0 aliphatic carbocycles. The Labute approximate surface area is 109 Å². The highest BCUT2D eigenvalue weighted by Gasteiger charge is 2.08. The van der Waals surface area contributed by atoms with Crippen molar-refractivity contribution in [1.82, 2.24) is 10.6 Å². The van der Waals surface area contributed by atoms with Gasteiger partial charge < -0.3 is 5.32 Å². The molecule has 1 rings (SSSR count). The van der Waals surface area contributed by atoms with Crippen LogP contribution in [0.25, 0.3) is 0 Å². The van der Waals surface area contributed by atoms with E-state index in [-0.39, 0.29) is 18.2 Å². The number of hydrogen-bond acceptors (Lipinski definition) is 3. The molecule has 1 heterocycles. The number of hydrogen-bond donors (Lipinski definition) is 2. The zero-order valence-corrected chi connectivity index (χ0v) is 11.2. The predicted molar refractivity (Wildman–Crippen MR) is 69.4 cm³/mol. The lowest BCUT2D eigenvalue weighted by Crippen LogP contribution is -2.39. The zero-order chi connectivity index (χ0) is 12.7. The van der Waals surface area contributed by atoms with Crippen molar-refractivity contribution in [2.24, 2.45) is 0 Å². The third-order valence-electron chi connectivity index (χ3n) is 2.20. The van der Waals surface area contributed by atoms with E-state index in [1.54, 1.807) is 11.3 Å². The highest BCUT2D eigenvalue weighted by Crippen LogP contribution is 2.16.